The smallest absolute Gasteiger partial charge is 0.411 e. The molecule has 1 aliphatic rings. The highest BCUT2D eigenvalue weighted by Crippen LogP contribution is 2.31. The van der Waals surface area contributed by atoms with Crippen LogP contribution in [0.5, 0.6) is 11.5 Å². The lowest BCUT2D eigenvalue weighted by molar-refractivity contribution is -0.115. The van der Waals surface area contributed by atoms with E-state index >= 15 is 0 Å². The summed E-state index contributed by atoms with van der Waals surface area (Å²) in [5, 5.41) is 13.3. The molecule has 0 unspecified atom stereocenters. The molecule has 9 heteroatoms. The van der Waals surface area contributed by atoms with Gasteiger partial charge in [-0.25, -0.2) is 4.79 Å². The molecule has 1 aromatic heterocycles. The molecule has 4 aromatic rings. The number of amides is 2. The Kier molecular flexibility index (Phi) is 6.47. The van der Waals surface area contributed by atoms with Crippen LogP contribution in [0.4, 0.5) is 16.3 Å². The van der Waals surface area contributed by atoms with Crippen LogP contribution in [-0.2, 0) is 22.6 Å². The van der Waals surface area contributed by atoms with Crippen LogP contribution in [-0.4, -0.2) is 35.4 Å². The number of nitrogens with zero attached hydrogens (tertiary/aromatic N) is 1. The number of hydrogen-bond acceptors (Lipinski definition) is 6. The van der Waals surface area contributed by atoms with Crippen LogP contribution >= 0.6 is 0 Å². The molecule has 3 aromatic carbocycles. The number of H-pyrrole nitrogens is 1. The molecule has 0 atom stereocenters. The molecule has 0 fully saturated rings. The molecule has 35 heavy (non-hydrogen) atoms. The Labute approximate surface area is 201 Å². The van der Waals surface area contributed by atoms with Gasteiger partial charge in [0.1, 0.15) is 6.61 Å². The van der Waals surface area contributed by atoms with Crippen molar-refractivity contribution in [1.82, 2.24) is 10.2 Å². The molecule has 9 nitrogen and oxygen atoms in total. The number of rotatable bonds is 6. The summed E-state index contributed by atoms with van der Waals surface area (Å²) in [6, 6.07) is 20.2. The first-order valence-electron chi connectivity index (χ1n) is 11.3. The summed E-state index contributed by atoms with van der Waals surface area (Å²) in [5.74, 6) is 1.38. The van der Waals surface area contributed by atoms with Crippen LogP contribution in [0.25, 0.3) is 10.9 Å². The van der Waals surface area contributed by atoms with Crippen molar-refractivity contribution in [3.63, 3.8) is 0 Å². The molecule has 0 saturated heterocycles. The van der Waals surface area contributed by atoms with Gasteiger partial charge in [-0.15, -0.1) is 0 Å². The van der Waals surface area contributed by atoms with Crippen LogP contribution < -0.4 is 20.1 Å². The summed E-state index contributed by atoms with van der Waals surface area (Å²) in [4.78, 5) is 25.2. The molecule has 2 amide bonds. The van der Waals surface area contributed by atoms with E-state index in [-0.39, 0.29) is 18.9 Å². The van der Waals surface area contributed by atoms with Gasteiger partial charge in [0.05, 0.1) is 36.2 Å². The molecule has 2 heterocycles. The van der Waals surface area contributed by atoms with Crippen molar-refractivity contribution in [2.75, 3.05) is 23.8 Å². The second-order valence-electron chi connectivity index (χ2n) is 8.04. The number of anilines is 2. The fourth-order valence-electron chi connectivity index (χ4n) is 3.82. The Bertz CT molecular complexity index is 1350. The molecular weight excluding hydrogens is 448 g/mol. The molecule has 0 bridgehead atoms. The zero-order valence-corrected chi connectivity index (χ0v) is 18.9. The number of aromatic nitrogens is 2. The monoisotopic (exact) mass is 472 g/mol. The second-order valence-corrected chi connectivity index (χ2v) is 8.04. The second kappa shape index (κ2) is 10.2. The van der Waals surface area contributed by atoms with Gasteiger partial charge in [-0.05, 0) is 35.4 Å². The summed E-state index contributed by atoms with van der Waals surface area (Å²) < 4.78 is 16.7. The first kappa shape index (κ1) is 22.3. The van der Waals surface area contributed by atoms with Gasteiger partial charge in [-0.1, -0.05) is 42.5 Å². The summed E-state index contributed by atoms with van der Waals surface area (Å²) in [6.07, 6.45) is 0.333. The fourth-order valence-corrected chi connectivity index (χ4v) is 3.82. The van der Waals surface area contributed by atoms with Crippen LogP contribution in [0.1, 0.15) is 17.5 Å². The Morgan fingerprint density at radius 1 is 0.914 bits per heavy atom. The maximum Gasteiger partial charge on any atom is 0.411 e. The van der Waals surface area contributed by atoms with Crippen molar-refractivity contribution in [3.8, 4) is 11.5 Å². The highest BCUT2D eigenvalue weighted by Gasteiger charge is 2.17. The molecule has 0 saturated carbocycles. The van der Waals surface area contributed by atoms with Crippen molar-refractivity contribution >= 4 is 34.4 Å². The third-order valence-electron chi connectivity index (χ3n) is 5.47. The molecule has 1 aliphatic heterocycles. The van der Waals surface area contributed by atoms with Crippen LogP contribution in [0.15, 0.2) is 66.7 Å². The predicted octanol–water partition coefficient (Wildman–Crippen LogP) is 4.65. The van der Waals surface area contributed by atoms with E-state index in [4.69, 9.17) is 14.2 Å². The van der Waals surface area contributed by atoms with Crippen LogP contribution in [0.2, 0.25) is 0 Å². The highest BCUT2D eigenvalue weighted by molar-refractivity contribution is 6.08. The maximum atomic E-state index is 12.8. The molecule has 3 N–H and O–H groups in total. The summed E-state index contributed by atoms with van der Waals surface area (Å²) in [5.41, 5.74) is 2.80. The van der Waals surface area contributed by atoms with Crippen molar-refractivity contribution in [2.45, 2.75) is 19.4 Å². The number of aromatic amines is 1. The maximum absolute atomic E-state index is 12.8. The largest absolute Gasteiger partial charge is 0.490 e. The standard InChI is InChI=1S/C26H24N4O5/c31-23(15-18-10-11-21-22(14-18)34-13-5-12-33-21)28-25-24-19(8-4-9-20(24)29-30-25)27-26(32)35-16-17-6-2-1-3-7-17/h1-4,6-11,14H,5,12-13,15-16H2,(H,27,32)(H2,28,29,30,31). The number of carbonyl (C=O) groups excluding carboxylic acids is 2. The third kappa shape index (κ3) is 5.35. The van der Waals surface area contributed by atoms with E-state index in [1.807, 2.05) is 54.6 Å². The van der Waals surface area contributed by atoms with E-state index < -0.39 is 6.09 Å². The van der Waals surface area contributed by atoms with E-state index in [2.05, 4.69) is 20.8 Å². The van der Waals surface area contributed by atoms with Gasteiger partial charge in [0.25, 0.3) is 0 Å². The van der Waals surface area contributed by atoms with Gasteiger partial charge < -0.3 is 19.5 Å². The Morgan fingerprint density at radius 2 is 1.74 bits per heavy atom. The van der Waals surface area contributed by atoms with E-state index in [0.717, 1.165) is 17.5 Å². The Hall–Kier alpha value is -4.53. The lowest BCUT2D eigenvalue weighted by Crippen LogP contribution is -2.16. The number of benzene rings is 3. The van der Waals surface area contributed by atoms with E-state index in [1.54, 1.807) is 12.1 Å². The van der Waals surface area contributed by atoms with Gasteiger partial charge in [0, 0.05) is 6.42 Å². The minimum atomic E-state index is -0.605. The van der Waals surface area contributed by atoms with Gasteiger partial charge in [-0.2, -0.15) is 5.10 Å². The molecule has 0 radical (unpaired) electrons. The normalized spacial score (nSPS) is 12.6. The van der Waals surface area contributed by atoms with Crippen molar-refractivity contribution < 1.29 is 23.8 Å². The minimum Gasteiger partial charge on any atom is -0.490 e. The summed E-state index contributed by atoms with van der Waals surface area (Å²) in [7, 11) is 0. The van der Waals surface area contributed by atoms with Crippen molar-refractivity contribution in [1.29, 1.82) is 0 Å². The topological polar surface area (TPSA) is 115 Å². The molecule has 0 aliphatic carbocycles. The number of ether oxygens (including phenoxy) is 3. The van der Waals surface area contributed by atoms with Gasteiger partial charge in [0.15, 0.2) is 17.3 Å². The van der Waals surface area contributed by atoms with E-state index in [9.17, 15) is 9.59 Å². The van der Waals surface area contributed by atoms with Crippen molar-refractivity contribution in [2.24, 2.45) is 0 Å². The average molecular weight is 473 g/mol. The molecule has 5 rings (SSSR count). The zero-order valence-electron chi connectivity index (χ0n) is 18.9. The zero-order chi connectivity index (χ0) is 24.0. The number of fused-ring (bicyclic) bond motifs is 2. The number of hydrogen-bond donors (Lipinski definition) is 3. The van der Waals surface area contributed by atoms with E-state index in [0.29, 0.717) is 47.1 Å². The van der Waals surface area contributed by atoms with Crippen molar-refractivity contribution in [3.05, 3.63) is 77.9 Å². The van der Waals surface area contributed by atoms with Crippen LogP contribution in [0, 0.1) is 0 Å². The van der Waals surface area contributed by atoms with Gasteiger partial charge in [-0.3, -0.25) is 15.2 Å². The first-order chi connectivity index (χ1) is 17.2. The average Bonchev–Trinajstić information content (AvgIpc) is 3.12. The van der Waals surface area contributed by atoms with E-state index in [1.165, 1.54) is 0 Å². The first-order valence-corrected chi connectivity index (χ1v) is 11.3. The SMILES string of the molecule is O=C(Cc1ccc2c(c1)OCCCO2)Nc1n[nH]c2cccc(NC(=O)OCc3ccccc3)c12. The van der Waals surface area contributed by atoms with Gasteiger partial charge >= 0.3 is 6.09 Å². The third-order valence-corrected chi connectivity index (χ3v) is 5.47. The number of nitrogens with one attached hydrogen (secondary N) is 3. The lowest BCUT2D eigenvalue weighted by atomic mass is 10.1. The fraction of sp³-hybridized carbons (Fsp3) is 0.192. The Balaban J connectivity index is 1.27. The lowest BCUT2D eigenvalue weighted by Gasteiger charge is -2.10. The molecular formula is C26H24N4O5. The Morgan fingerprint density at radius 3 is 2.60 bits per heavy atom. The number of carbonyl (C=O) groups is 2. The summed E-state index contributed by atoms with van der Waals surface area (Å²) >= 11 is 0. The quantitative estimate of drug-likeness (QED) is 0.376. The molecule has 0 spiro atoms. The summed E-state index contributed by atoms with van der Waals surface area (Å²) in [6.45, 7) is 1.33. The molecule has 178 valence electrons. The highest BCUT2D eigenvalue weighted by atomic mass is 16.5. The predicted molar refractivity (Wildman–Crippen MR) is 131 cm³/mol. The van der Waals surface area contributed by atoms with Crippen LogP contribution in [0.3, 0.4) is 0 Å². The minimum absolute atomic E-state index is 0.125. The van der Waals surface area contributed by atoms with Gasteiger partial charge in [0.2, 0.25) is 5.91 Å².